The second-order valence-corrected chi connectivity index (χ2v) is 5.25. The van der Waals surface area contributed by atoms with Crippen molar-refractivity contribution in [2.45, 2.75) is 47.0 Å². The molecule has 1 aliphatic rings. The van der Waals surface area contributed by atoms with Crippen molar-refractivity contribution in [1.29, 1.82) is 0 Å². The fourth-order valence-corrected chi connectivity index (χ4v) is 2.49. The van der Waals surface area contributed by atoms with E-state index in [0.717, 1.165) is 0 Å². The normalized spacial score (nSPS) is 41.2. The third-order valence-corrected chi connectivity index (χ3v) is 4.40. The largest absolute Gasteiger partial charge is 0.396 e. The molecule has 0 aromatic carbocycles. The van der Waals surface area contributed by atoms with E-state index in [1.165, 1.54) is 19.3 Å². The molecule has 2 unspecified atom stereocenters. The van der Waals surface area contributed by atoms with Crippen LogP contribution in [-0.4, -0.2) is 11.7 Å². The maximum Gasteiger partial charge on any atom is 0.0492 e. The molecule has 0 spiro atoms. The van der Waals surface area contributed by atoms with Crippen LogP contribution in [-0.2, 0) is 0 Å². The van der Waals surface area contributed by atoms with Crippen LogP contribution in [0.4, 0.5) is 0 Å². The van der Waals surface area contributed by atoms with Crippen LogP contribution >= 0.6 is 0 Å². The Kier molecular flexibility index (Phi) is 2.53. The average molecular weight is 170 g/mol. The van der Waals surface area contributed by atoms with Gasteiger partial charge in [0.25, 0.3) is 0 Å². The fourth-order valence-electron chi connectivity index (χ4n) is 2.49. The Balaban J connectivity index is 2.88. The molecule has 0 aromatic heterocycles. The van der Waals surface area contributed by atoms with Crippen molar-refractivity contribution in [3.05, 3.63) is 0 Å². The Labute approximate surface area is 76.2 Å². The molecule has 2 atom stereocenters. The minimum atomic E-state index is 0.130. The Bertz CT molecular complexity index is 162. The number of hydrogen-bond acceptors (Lipinski definition) is 1. The van der Waals surface area contributed by atoms with Crippen LogP contribution in [0.15, 0.2) is 0 Å². The Morgan fingerprint density at radius 2 is 1.92 bits per heavy atom. The van der Waals surface area contributed by atoms with E-state index in [1.54, 1.807) is 0 Å². The zero-order valence-electron chi connectivity index (χ0n) is 8.85. The summed E-state index contributed by atoms with van der Waals surface area (Å²) in [5.41, 5.74) is 0.435. The topological polar surface area (TPSA) is 20.2 Å². The van der Waals surface area contributed by atoms with Gasteiger partial charge in [0.1, 0.15) is 0 Å². The van der Waals surface area contributed by atoms with E-state index in [-0.39, 0.29) is 5.41 Å². The lowest BCUT2D eigenvalue weighted by molar-refractivity contribution is -0.0599. The third-order valence-electron chi connectivity index (χ3n) is 4.40. The highest BCUT2D eigenvalue weighted by molar-refractivity contribution is 4.95. The molecule has 0 heterocycles. The van der Waals surface area contributed by atoms with E-state index >= 15 is 0 Å². The van der Waals surface area contributed by atoms with Crippen LogP contribution in [0.3, 0.4) is 0 Å². The summed E-state index contributed by atoms with van der Waals surface area (Å²) in [7, 11) is 0. The second-order valence-electron chi connectivity index (χ2n) is 5.25. The SMILES string of the molecule is CC1CCCC(C)(C)C1(C)CO. The van der Waals surface area contributed by atoms with Gasteiger partial charge in [0.15, 0.2) is 0 Å². The summed E-state index contributed by atoms with van der Waals surface area (Å²) in [6.07, 6.45) is 3.86. The first-order valence-electron chi connectivity index (χ1n) is 5.05. The molecular weight excluding hydrogens is 148 g/mol. The summed E-state index contributed by atoms with van der Waals surface area (Å²) in [6, 6.07) is 0. The van der Waals surface area contributed by atoms with E-state index in [9.17, 15) is 5.11 Å². The zero-order chi connectivity index (χ0) is 9.41. The van der Waals surface area contributed by atoms with Crippen molar-refractivity contribution in [3.8, 4) is 0 Å². The van der Waals surface area contributed by atoms with Gasteiger partial charge in [-0.1, -0.05) is 40.5 Å². The Hall–Kier alpha value is -0.0400. The fraction of sp³-hybridized carbons (Fsp3) is 1.00. The van der Waals surface area contributed by atoms with Crippen molar-refractivity contribution < 1.29 is 5.11 Å². The molecule has 72 valence electrons. The number of hydrogen-bond donors (Lipinski definition) is 1. The van der Waals surface area contributed by atoms with Crippen molar-refractivity contribution in [1.82, 2.24) is 0 Å². The minimum Gasteiger partial charge on any atom is -0.396 e. The molecule has 0 aromatic rings. The van der Waals surface area contributed by atoms with Gasteiger partial charge in [-0.15, -0.1) is 0 Å². The molecule has 1 rings (SSSR count). The molecule has 0 aliphatic heterocycles. The van der Waals surface area contributed by atoms with Crippen LogP contribution in [0.25, 0.3) is 0 Å². The first-order chi connectivity index (χ1) is 5.44. The predicted octanol–water partition coefficient (Wildman–Crippen LogP) is 2.83. The summed E-state index contributed by atoms with van der Waals surface area (Å²) in [4.78, 5) is 0. The summed E-state index contributed by atoms with van der Waals surface area (Å²) < 4.78 is 0. The molecule has 0 radical (unpaired) electrons. The monoisotopic (exact) mass is 170 g/mol. The summed E-state index contributed by atoms with van der Waals surface area (Å²) in [5, 5.41) is 9.46. The van der Waals surface area contributed by atoms with E-state index < -0.39 is 0 Å². The summed E-state index contributed by atoms with van der Waals surface area (Å²) >= 11 is 0. The average Bonchev–Trinajstić information content (AvgIpc) is 2.00. The molecule has 1 fully saturated rings. The highest BCUT2D eigenvalue weighted by Gasteiger charge is 2.46. The minimum absolute atomic E-state index is 0.130. The van der Waals surface area contributed by atoms with Gasteiger partial charge in [-0.2, -0.15) is 0 Å². The molecule has 1 heteroatoms. The van der Waals surface area contributed by atoms with E-state index in [4.69, 9.17) is 0 Å². The highest BCUT2D eigenvalue weighted by atomic mass is 16.3. The van der Waals surface area contributed by atoms with Crippen LogP contribution in [0, 0.1) is 16.7 Å². The van der Waals surface area contributed by atoms with Crippen LogP contribution in [0.5, 0.6) is 0 Å². The first kappa shape index (κ1) is 10.0. The van der Waals surface area contributed by atoms with Gasteiger partial charge < -0.3 is 5.11 Å². The van der Waals surface area contributed by atoms with Gasteiger partial charge in [0, 0.05) is 6.61 Å². The van der Waals surface area contributed by atoms with E-state index in [1.807, 2.05) is 0 Å². The van der Waals surface area contributed by atoms with E-state index in [0.29, 0.717) is 17.9 Å². The molecule has 1 aliphatic carbocycles. The molecule has 1 nitrogen and oxygen atoms in total. The Morgan fingerprint density at radius 1 is 1.33 bits per heavy atom. The predicted molar refractivity (Wildman–Crippen MR) is 52.0 cm³/mol. The third kappa shape index (κ3) is 1.28. The Morgan fingerprint density at radius 3 is 2.25 bits per heavy atom. The molecule has 1 saturated carbocycles. The lowest BCUT2D eigenvalue weighted by atomic mass is 9.55. The molecule has 0 saturated heterocycles. The van der Waals surface area contributed by atoms with Crippen LogP contribution < -0.4 is 0 Å². The van der Waals surface area contributed by atoms with Gasteiger partial charge in [-0.25, -0.2) is 0 Å². The van der Waals surface area contributed by atoms with Gasteiger partial charge in [-0.3, -0.25) is 0 Å². The van der Waals surface area contributed by atoms with Crippen LogP contribution in [0.2, 0.25) is 0 Å². The standard InChI is InChI=1S/C11H22O/c1-9-6-5-7-10(2,3)11(9,4)8-12/h9,12H,5-8H2,1-4H3. The molecule has 1 N–H and O–H groups in total. The van der Waals surface area contributed by atoms with Crippen molar-refractivity contribution in [2.75, 3.05) is 6.61 Å². The maximum atomic E-state index is 9.46. The van der Waals surface area contributed by atoms with Gasteiger partial charge >= 0.3 is 0 Å². The first-order valence-corrected chi connectivity index (χ1v) is 5.05. The van der Waals surface area contributed by atoms with Crippen molar-refractivity contribution in [2.24, 2.45) is 16.7 Å². The quantitative estimate of drug-likeness (QED) is 0.641. The summed E-state index contributed by atoms with van der Waals surface area (Å²) in [5.74, 6) is 0.659. The van der Waals surface area contributed by atoms with Crippen molar-refractivity contribution in [3.63, 3.8) is 0 Å². The van der Waals surface area contributed by atoms with Crippen molar-refractivity contribution >= 4 is 0 Å². The molecule has 0 bridgehead atoms. The van der Waals surface area contributed by atoms with E-state index in [2.05, 4.69) is 27.7 Å². The number of aliphatic hydroxyl groups excluding tert-OH is 1. The molecular formula is C11H22O. The second kappa shape index (κ2) is 3.02. The lowest BCUT2D eigenvalue weighted by Gasteiger charge is -2.51. The number of rotatable bonds is 1. The lowest BCUT2D eigenvalue weighted by Crippen LogP contribution is -2.46. The number of aliphatic hydroxyl groups is 1. The highest BCUT2D eigenvalue weighted by Crippen LogP contribution is 2.52. The van der Waals surface area contributed by atoms with Gasteiger partial charge in [-0.05, 0) is 23.2 Å². The molecule has 0 amide bonds. The smallest absolute Gasteiger partial charge is 0.0492 e. The summed E-state index contributed by atoms with van der Waals surface area (Å²) in [6.45, 7) is 9.42. The molecule has 12 heavy (non-hydrogen) atoms. The zero-order valence-corrected chi connectivity index (χ0v) is 8.85. The maximum absolute atomic E-state index is 9.46. The van der Waals surface area contributed by atoms with Crippen LogP contribution in [0.1, 0.15) is 47.0 Å². The van der Waals surface area contributed by atoms with Gasteiger partial charge in [0.2, 0.25) is 0 Å². The van der Waals surface area contributed by atoms with Gasteiger partial charge in [0.05, 0.1) is 0 Å².